The van der Waals surface area contributed by atoms with Crippen LogP contribution in [0.2, 0.25) is 0 Å². The summed E-state index contributed by atoms with van der Waals surface area (Å²) in [5.74, 6) is -1.74. The topological polar surface area (TPSA) is 75.6 Å². The number of ether oxygens (including phenoxy) is 1. The fourth-order valence-electron chi connectivity index (χ4n) is 1.73. The van der Waals surface area contributed by atoms with Gasteiger partial charge in [-0.2, -0.15) is 0 Å². The number of carbonyl (C=O) groups is 2. The van der Waals surface area contributed by atoms with Crippen molar-refractivity contribution in [3.8, 4) is 0 Å². The Kier molecular flexibility index (Phi) is 3.57. The van der Waals surface area contributed by atoms with E-state index in [-0.39, 0.29) is 6.54 Å². The fraction of sp³-hybridized carbons (Fsp3) is 0.818. The summed E-state index contributed by atoms with van der Waals surface area (Å²) in [6.45, 7) is 6.10. The summed E-state index contributed by atoms with van der Waals surface area (Å²) >= 11 is 0. The molecule has 1 aliphatic heterocycles. The van der Waals surface area contributed by atoms with Gasteiger partial charge in [-0.25, -0.2) is 0 Å². The first-order valence-corrected chi connectivity index (χ1v) is 5.45. The number of nitrogens with one attached hydrogen (secondary N) is 1. The van der Waals surface area contributed by atoms with E-state index in [4.69, 9.17) is 4.74 Å². The van der Waals surface area contributed by atoms with Crippen LogP contribution >= 0.6 is 0 Å². The Morgan fingerprint density at radius 3 is 2.38 bits per heavy atom. The second kappa shape index (κ2) is 4.41. The van der Waals surface area contributed by atoms with E-state index < -0.39 is 23.0 Å². The lowest BCUT2D eigenvalue weighted by Crippen LogP contribution is -2.52. The highest BCUT2D eigenvalue weighted by Gasteiger charge is 2.49. The van der Waals surface area contributed by atoms with Crippen LogP contribution in [0, 0.1) is 5.41 Å². The van der Waals surface area contributed by atoms with Gasteiger partial charge in [0.2, 0.25) is 0 Å². The smallest absolute Gasteiger partial charge is 0.325 e. The number of hydrogen-bond acceptors (Lipinski definition) is 4. The maximum absolute atomic E-state index is 11.9. The number of aliphatic carboxylic acids is 1. The molecular weight excluding hydrogens is 210 g/mol. The molecule has 0 radical (unpaired) electrons. The Bertz CT molecular complexity index is 287. The van der Waals surface area contributed by atoms with E-state index in [0.717, 1.165) is 6.54 Å². The van der Waals surface area contributed by atoms with Gasteiger partial charge in [-0.1, -0.05) is 0 Å². The van der Waals surface area contributed by atoms with E-state index in [1.165, 1.54) is 0 Å². The number of carboxylic acids is 1. The first kappa shape index (κ1) is 13.0. The average molecular weight is 229 g/mol. The van der Waals surface area contributed by atoms with Gasteiger partial charge in [0.1, 0.15) is 5.60 Å². The van der Waals surface area contributed by atoms with Gasteiger partial charge in [-0.15, -0.1) is 0 Å². The molecule has 0 aliphatic carbocycles. The van der Waals surface area contributed by atoms with Gasteiger partial charge in [0.05, 0.1) is 0 Å². The lowest BCUT2D eigenvalue weighted by molar-refractivity contribution is -0.178. The van der Waals surface area contributed by atoms with Crippen LogP contribution in [-0.2, 0) is 14.3 Å². The zero-order valence-corrected chi connectivity index (χ0v) is 10.0. The highest BCUT2D eigenvalue weighted by Crippen LogP contribution is 2.30. The molecule has 92 valence electrons. The predicted molar refractivity (Wildman–Crippen MR) is 58.0 cm³/mol. The molecule has 1 heterocycles. The molecular formula is C11H19NO4. The molecule has 1 fully saturated rings. The molecule has 1 atom stereocenters. The van der Waals surface area contributed by atoms with Crippen molar-refractivity contribution in [1.82, 2.24) is 5.32 Å². The van der Waals surface area contributed by atoms with Crippen molar-refractivity contribution < 1.29 is 19.4 Å². The van der Waals surface area contributed by atoms with E-state index in [1.807, 2.05) is 0 Å². The minimum atomic E-state index is -1.41. The van der Waals surface area contributed by atoms with Gasteiger partial charge in [-0.05, 0) is 40.2 Å². The van der Waals surface area contributed by atoms with Crippen LogP contribution < -0.4 is 5.32 Å². The second-order valence-electron chi connectivity index (χ2n) is 5.17. The van der Waals surface area contributed by atoms with Gasteiger partial charge >= 0.3 is 11.9 Å². The molecule has 5 nitrogen and oxygen atoms in total. The summed E-state index contributed by atoms with van der Waals surface area (Å²) in [5.41, 5.74) is -2.07. The van der Waals surface area contributed by atoms with Gasteiger partial charge in [0, 0.05) is 6.54 Å². The minimum Gasteiger partial charge on any atom is -0.480 e. The van der Waals surface area contributed by atoms with Crippen molar-refractivity contribution in [2.24, 2.45) is 5.41 Å². The average Bonchev–Trinajstić information content (AvgIpc) is 2.16. The zero-order chi connectivity index (χ0) is 12.4. The first-order valence-electron chi connectivity index (χ1n) is 5.45. The summed E-state index contributed by atoms with van der Waals surface area (Å²) in [7, 11) is 0. The highest BCUT2D eigenvalue weighted by molar-refractivity contribution is 5.99. The molecule has 0 aromatic rings. The predicted octanol–water partition coefficient (Wildman–Crippen LogP) is 0.782. The molecule has 1 rings (SSSR count). The molecule has 0 bridgehead atoms. The largest absolute Gasteiger partial charge is 0.480 e. The minimum absolute atomic E-state index is 0.150. The Hall–Kier alpha value is -1.10. The van der Waals surface area contributed by atoms with Gasteiger partial charge in [0.15, 0.2) is 5.41 Å². The molecule has 1 aliphatic rings. The van der Waals surface area contributed by atoms with Crippen LogP contribution in [-0.4, -0.2) is 35.7 Å². The summed E-state index contributed by atoms with van der Waals surface area (Å²) in [6, 6.07) is 0. The lowest BCUT2D eigenvalue weighted by Gasteiger charge is -2.34. The van der Waals surface area contributed by atoms with E-state index in [0.29, 0.717) is 12.8 Å². The highest BCUT2D eigenvalue weighted by atomic mass is 16.6. The Morgan fingerprint density at radius 2 is 2.00 bits per heavy atom. The van der Waals surface area contributed by atoms with E-state index >= 15 is 0 Å². The summed E-state index contributed by atoms with van der Waals surface area (Å²) in [4.78, 5) is 23.2. The summed E-state index contributed by atoms with van der Waals surface area (Å²) in [5, 5.41) is 12.2. The number of piperidine rings is 1. The Balaban J connectivity index is 2.85. The zero-order valence-electron chi connectivity index (χ0n) is 10.0. The molecule has 0 amide bonds. The number of carboxylic acid groups (broad SMARTS) is 1. The van der Waals surface area contributed by atoms with E-state index in [2.05, 4.69) is 5.32 Å². The van der Waals surface area contributed by atoms with E-state index in [9.17, 15) is 14.7 Å². The van der Waals surface area contributed by atoms with Crippen molar-refractivity contribution in [3.05, 3.63) is 0 Å². The van der Waals surface area contributed by atoms with Crippen LogP contribution in [0.5, 0.6) is 0 Å². The third-order valence-corrected chi connectivity index (χ3v) is 2.58. The third-order valence-electron chi connectivity index (χ3n) is 2.58. The van der Waals surface area contributed by atoms with Gasteiger partial charge < -0.3 is 15.2 Å². The molecule has 16 heavy (non-hydrogen) atoms. The van der Waals surface area contributed by atoms with Crippen LogP contribution in [0.25, 0.3) is 0 Å². The van der Waals surface area contributed by atoms with Crippen LogP contribution in [0.15, 0.2) is 0 Å². The molecule has 1 saturated heterocycles. The third kappa shape index (κ3) is 2.72. The van der Waals surface area contributed by atoms with Crippen LogP contribution in [0.4, 0.5) is 0 Å². The summed E-state index contributed by atoms with van der Waals surface area (Å²) < 4.78 is 5.18. The Morgan fingerprint density at radius 1 is 1.38 bits per heavy atom. The first-order chi connectivity index (χ1) is 7.28. The van der Waals surface area contributed by atoms with Crippen molar-refractivity contribution >= 4 is 11.9 Å². The molecule has 0 unspecified atom stereocenters. The molecule has 0 aromatic heterocycles. The standard InChI is InChI=1S/C11H19NO4/c1-10(2,3)16-9(15)11(8(13)14)5-4-6-12-7-11/h12H,4-7H2,1-3H3,(H,13,14)/t11-/m1/s1. The molecule has 0 spiro atoms. The number of hydrogen-bond donors (Lipinski definition) is 2. The maximum Gasteiger partial charge on any atom is 0.325 e. The molecule has 2 N–H and O–H groups in total. The summed E-state index contributed by atoms with van der Waals surface area (Å²) in [6.07, 6.45) is 1.01. The van der Waals surface area contributed by atoms with E-state index in [1.54, 1.807) is 20.8 Å². The monoisotopic (exact) mass is 229 g/mol. The number of carbonyl (C=O) groups excluding carboxylic acids is 1. The van der Waals surface area contributed by atoms with Crippen molar-refractivity contribution in [3.63, 3.8) is 0 Å². The number of esters is 1. The van der Waals surface area contributed by atoms with Crippen LogP contribution in [0.3, 0.4) is 0 Å². The molecule has 0 saturated carbocycles. The SMILES string of the molecule is CC(C)(C)OC(=O)[C@]1(C(=O)O)CCCNC1. The second-order valence-corrected chi connectivity index (χ2v) is 5.17. The van der Waals surface area contributed by atoms with Crippen molar-refractivity contribution in [2.75, 3.05) is 13.1 Å². The number of rotatable bonds is 2. The quantitative estimate of drug-likeness (QED) is 0.540. The van der Waals surface area contributed by atoms with Gasteiger partial charge in [0.25, 0.3) is 0 Å². The van der Waals surface area contributed by atoms with Crippen LogP contribution in [0.1, 0.15) is 33.6 Å². The normalized spacial score (nSPS) is 26.2. The van der Waals surface area contributed by atoms with Gasteiger partial charge in [-0.3, -0.25) is 9.59 Å². The fourth-order valence-corrected chi connectivity index (χ4v) is 1.73. The molecule has 5 heteroatoms. The van der Waals surface area contributed by atoms with Crippen molar-refractivity contribution in [2.45, 2.75) is 39.2 Å². The van der Waals surface area contributed by atoms with Crippen molar-refractivity contribution in [1.29, 1.82) is 0 Å². The molecule has 0 aromatic carbocycles. The lowest BCUT2D eigenvalue weighted by atomic mass is 9.80. The Labute approximate surface area is 95.2 Å². The maximum atomic E-state index is 11.9.